The van der Waals surface area contributed by atoms with Gasteiger partial charge in [0.1, 0.15) is 6.17 Å². The summed E-state index contributed by atoms with van der Waals surface area (Å²) < 4.78 is 13.1. The number of rotatable bonds is 2. The molecular weight excluding hydrogens is 171 g/mol. The highest BCUT2D eigenvalue weighted by Crippen LogP contribution is 2.22. The van der Waals surface area contributed by atoms with Crippen molar-refractivity contribution in [1.82, 2.24) is 10.2 Å². The predicted molar refractivity (Wildman–Crippen MR) is 49.2 cm³/mol. The number of carbonyl (C=O) groups is 1. The van der Waals surface area contributed by atoms with Crippen LogP contribution in [-0.2, 0) is 4.79 Å². The molecule has 1 amide bonds. The lowest BCUT2D eigenvalue weighted by Crippen LogP contribution is -2.44. The van der Waals surface area contributed by atoms with E-state index in [1.54, 1.807) is 7.05 Å². The van der Waals surface area contributed by atoms with Crippen LogP contribution in [0.25, 0.3) is 0 Å². The molecule has 1 aliphatic heterocycles. The Bertz CT molecular complexity index is 196. The molecule has 13 heavy (non-hydrogen) atoms. The summed E-state index contributed by atoms with van der Waals surface area (Å²) in [6, 6.07) is -0.0527. The first-order chi connectivity index (χ1) is 6.06. The summed E-state index contributed by atoms with van der Waals surface area (Å²) in [4.78, 5) is 13.3. The van der Waals surface area contributed by atoms with E-state index >= 15 is 0 Å². The Morgan fingerprint density at radius 3 is 2.69 bits per heavy atom. The minimum Gasteiger partial charge on any atom is -0.358 e. The van der Waals surface area contributed by atoms with Gasteiger partial charge in [0.25, 0.3) is 0 Å². The number of amides is 1. The van der Waals surface area contributed by atoms with Gasteiger partial charge in [-0.25, -0.2) is 4.39 Å². The van der Waals surface area contributed by atoms with E-state index in [9.17, 15) is 9.18 Å². The summed E-state index contributed by atoms with van der Waals surface area (Å²) in [7, 11) is 1.59. The summed E-state index contributed by atoms with van der Waals surface area (Å²) in [6.45, 7) is 4.34. The van der Waals surface area contributed by atoms with Crippen LogP contribution in [0, 0.1) is 0 Å². The molecule has 1 saturated heterocycles. The van der Waals surface area contributed by atoms with Crippen LogP contribution in [0.1, 0.15) is 20.3 Å². The highest BCUT2D eigenvalue weighted by Gasteiger charge is 2.37. The van der Waals surface area contributed by atoms with E-state index in [0.717, 1.165) is 0 Å². The van der Waals surface area contributed by atoms with Crippen LogP contribution < -0.4 is 5.32 Å². The highest BCUT2D eigenvalue weighted by atomic mass is 19.1. The molecule has 0 saturated carbocycles. The van der Waals surface area contributed by atoms with Crippen molar-refractivity contribution in [2.45, 2.75) is 38.5 Å². The fraction of sp³-hybridized carbons (Fsp3) is 0.889. The lowest BCUT2D eigenvalue weighted by atomic mass is 10.2. The second kappa shape index (κ2) is 4.05. The van der Waals surface area contributed by atoms with Crippen molar-refractivity contribution in [3.63, 3.8) is 0 Å². The largest absolute Gasteiger partial charge is 0.358 e. The molecule has 0 aromatic carbocycles. The van der Waals surface area contributed by atoms with E-state index in [1.807, 2.05) is 18.7 Å². The molecule has 2 atom stereocenters. The predicted octanol–water partition coefficient (Wildman–Crippen LogP) is 0.553. The van der Waals surface area contributed by atoms with Gasteiger partial charge < -0.3 is 5.32 Å². The zero-order valence-electron chi connectivity index (χ0n) is 8.38. The molecule has 76 valence electrons. The number of nitrogens with one attached hydrogen (secondary N) is 1. The first-order valence-corrected chi connectivity index (χ1v) is 4.67. The molecule has 1 N–H and O–H groups in total. The SMILES string of the molecule is CNC(=O)C1CC(F)CN1C(C)C. The lowest BCUT2D eigenvalue weighted by molar-refractivity contribution is -0.125. The third kappa shape index (κ3) is 2.18. The number of hydrogen-bond donors (Lipinski definition) is 1. The summed E-state index contributed by atoms with van der Waals surface area (Å²) in [5.74, 6) is -0.0751. The molecular formula is C9H17FN2O. The molecule has 1 aliphatic rings. The van der Waals surface area contributed by atoms with Crippen molar-refractivity contribution in [2.75, 3.05) is 13.6 Å². The van der Waals surface area contributed by atoms with E-state index < -0.39 is 6.17 Å². The first-order valence-electron chi connectivity index (χ1n) is 4.67. The third-order valence-corrected chi connectivity index (χ3v) is 2.50. The van der Waals surface area contributed by atoms with Gasteiger partial charge in [0.2, 0.25) is 5.91 Å². The third-order valence-electron chi connectivity index (χ3n) is 2.50. The van der Waals surface area contributed by atoms with Crippen molar-refractivity contribution >= 4 is 5.91 Å². The van der Waals surface area contributed by atoms with Crippen molar-refractivity contribution in [3.8, 4) is 0 Å². The average Bonchev–Trinajstić information content (AvgIpc) is 2.46. The van der Waals surface area contributed by atoms with Crippen molar-refractivity contribution in [1.29, 1.82) is 0 Å². The van der Waals surface area contributed by atoms with Crippen LogP contribution in [0.3, 0.4) is 0 Å². The summed E-state index contributed by atoms with van der Waals surface area (Å²) in [5.41, 5.74) is 0. The molecule has 3 nitrogen and oxygen atoms in total. The molecule has 1 heterocycles. The van der Waals surface area contributed by atoms with Gasteiger partial charge >= 0.3 is 0 Å². The number of nitrogens with zero attached hydrogens (tertiary/aromatic N) is 1. The Labute approximate surface area is 78.3 Å². The standard InChI is InChI=1S/C9H17FN2O/c1-6(2)12-5-7(10)4-8(12)9(13)11-3/h6-8H,4-5H2,1-3H3,(H,11,13). The molecule has 4 heteroatoms. The van der Waals surface area contributed by atoms with E-state index in [1.165, 1.54) is 0 Å². The average molecular weight is 188 g/mol. The van der Waals surface area contributed by atoms with E-state index in [-0.39, 0.29) is 18.0 Å². The Morgan fingerprint density at radius 2 is 2.23 bits per heavy atom. The molecule has 0 aromatic rings. The number of halogens is 1. The van der Waals surface area contributed by atoms with Gasteiger partial charge in [0.15, 0.2) is 0 Å². The zero-order chi connectivity index (χ0) is 10.0. The summed E-state index contributed by atoms with van der Waals surface area (Å²) in [6.07, 6.45) is -0.526. The molecule has 0 spiro atoms. The molecule has 0 aromatic heterocycles. The Morgan fingerprint density at radius 1 is 1.62 bits per heavy atom. The Hall–Kier alpha value is -0.640. The number of likely N-dealkylation sites (N-methyl/N-ethyl adjacent to an activating group) is 1. The second-order valence-corrected chi connectivity index (χ2v) is 3.75. The molecule has 1 rings (SSSR count). The minimum atomic E-state index is -0.857. The van der Waals surface area contributed by atoms with Gasteiger partial charge in [-0.2, -0.15) is 0 Å². The highest BCUT2D eigenvalue weighted by molar-refractivity contribution is 5.81. The van der Waals surface area contributed by atoms with Crippen LogP contribution in [0.4, 0.5) is 4.39 Å². The van der Waals surface area contributed by atoms with Gasteiger partial charge in [-0.3, -0.25) is 9.69 Å². The van der Waals surface area contributed by atoms with Gasteiger partial charge in [-0.05, 0) is 13.8 Å². The van der Waals surface area contributed by atoms with Gasteiger partial charge in [0.05, 0.1) is 6.04 Å². The number of likely N-dealkylation sites (tertiary alicyclic amines) is 1. The van der Waals surface area contributed by atoms with Crippen LogP contribution >= 0.6 is 0 Å². The summed E-state index contributed by atoms with van der Waals surface area (Å²) in [5, 5.41) is 2.57. The molecule has 1 fully saturated rings. The van der Waals surface area contributed by atoms with E-state index in [4.69, 9.17) is 0 Å². The fourth-order valence-electron chi connectivity index (χ4n) is 1.80. The maximum atomic E-state index is 13.1. The Kier molecular flexibility index (Phi) is 3.25. The van der Waals surface area contributed by atoms with E-state index in [2.05, 4.69) is 5.32 Å². The van der Waals surface area contributed by atoms with Crippen LogP contribution in [0.15, 0.2) is 0 Å². The maximum absolute atomic E-state index is 13.1. The smallest absolute Gasteiger partial charge is 0.237 e. The first kappa shape index (κ1) is 10.4. The van der Waals surface area contributed by atoms with Crippen LogP contribution in [0.2, 0.25) is 0 Å². The lowest BCUT2D eigenvalue weighted by Gasteiger charge is -2.26. The minimum absolute atomic E-state index is 0.0751. The van der Waals surface area contributed by atoms with Crippen LogP contribution in [-0.4, -0.2) is 42.7 Å². The summed E-state index contributed by atoms with van der Waals surface area (Å²) >= 11 is 0. The molecule has 0 bridgehead atoms. The molecule has 0 radical (unpaired) electrons. The number of hydrogen-bond acceptors (Lipinski definition) is 2. The van der Waals surface area contributed by atoms with Crippen molar-refractivity contribution in [3.05, 3.63) is 0 Å². The van der Waals surface area contributed by atoms with Crippen molar-refractivity contribution in [2.24, 2.45) is 0 Å². The number of alkyl halides is 1. The zero-order valence-corrected chi connectivity index (χ0v) is 8.38. The van der Waals surface area contributed by atoms with Crippen molar-refractivity contribution < 1.29 is 9.18 Å². The quantitative estimate of drug-likeness (QED) is 0.686. The monoisotopic (exact) mass is 188 g/mol. The number of carbonyl (C=O) groups excluding carboxylic acids is 1. The maximum Gasteiger partial charge on any atom is 0.237 e. The van der Waals surface area contributed by atoms with E-state index in [0.29, 0.717) is 13.0 Å². The van der Waals surface area contributed by atoms with Gasteiger partial charge in [-0.15, -0.1) is 0 Å². The Balaban J connectivity index is 2.66. The van der Waals surface area contributed by atoms with Gasteiger partial charge in [-0.1, -0.05) is 0 Å². The van der Waals surface area contributed by atoms with Crippen LogP contribution in [0.5, 0.6) is 0 Å². The normalized spacial score (nSPS) is 29.6. The second-order valence-electron chi connectivity index (χ2n) is 3.75. The van der Waals surface area contributed by atoms with Gasteiger partial charge in [0, 0.05) is 26.1 Å². The molecule has 2 unspecified atom stereocenters. The fourth-order valence-corrected chi connectivity index (χ4v) is 1.80. The molecule has 0 aliphatic carbocycles. The topological polar surface area (TPSA) is 32.3 Å².